The summed E-state index contributed by atoms with van der Waals surface area (Å²) in [5.74, 6) is 0. The van der Waals surface area contributed by atoms with E-state index >= 15 is 0 Å². The van der Waals surface area contributed by atoms with Crippen LogP contribution in [0.4, 0.5) is 0 Å². The molecular weight excluding hydrogens is 380 g/mol. The molecule has 0 saturated carbocycles. The lowest BCUT2D eigenvalue weighted by atomic mass is 10.0. The summed E-state index contributed by atoms with van der Waals surface area (Å²) in [4.78, 5) is 0. The quantitative estimate of drug-likeness (QED) is 0.102. The maximum absolute atomic E-state index is 9.95. The van der Waals surface area contributed by atoms with Crippen LogP contribution in [0.25, 0.3) is 0 Å². The molecule has 0 aliphatic carbocycles. The van der Waals surface area contributed by atoms with Crippen molar-refractivity contribution in [2.75, 3.05) is 6.61 Å². The molecule has 0 aliphatic rings. The molecule has 1 unspecified atom stereocenters. The number of ether oxygens (including phenoxy) is 1. The molecule has 0 aromatic heterocycles. The summed E-state index contributed by atoms with van der Waals surface area (Å²) in [6.45, 7) is 5.30. The number of unbranched alkanes of at least 4 members (excludes halogenated alkanes) is 22. The molecule has 0 aromatic rings. The molecular formula is C29H60O2. The Labute approximate surface area is 197 Å². The van der Waals surface area contributed by atoms with Gasteiger partial charge in [-0.3, -0.25) is 0 Å². The molecule has 1 atom stereocenters. The zero-order chi connectivity index (χ0) is 22.7. The highest BCUT2D eigenvalue weighted by atomic mass is 16.6. The highest BCUT2D eigenvalue weighted by Crippen LogP contribution is 2.14. The van der Waals surface area contributed by atoms with Crippen molar-refractivity contribution in [2.45, 2.75) is 181 Å². The van der Waals surface area contributed by atoms with E-state index in [1.165, 1.54) is 141 Å². The Hall–Kier alpha value is -0.0800. The minimum Gasteiger partial charge on any atom is -0.368 e. The molecule has 0 heterocycles. The van der Waals surface area contributed by atoms with Gasteiger partial charge < -0.3 is 9.84 Å². The van der Waals surface area contributed by atoms with E-state index in [2.05, 4.69) is 13.8 Å². The van der Waals surface area contributed by atoms with Crippen molar-refractivity contribution >= 4 is 0 Å². The summed E-state index contributed by atoms with van der Waals surface area (Å²) < 4.78 is 5.59. The Kier molecular flexibility index (Phi) is 27.9. The van der Waals surface area contributed by atoms with Gasteiger partial charge in [0.2, 0.25) is 0 Å². The normalized spacial score (nSPS) is 12.5. The third-order valence-corrected chi connectivity index (χ3v) is 6.61. The zero-order valence-electron chi connectivity index (χ0n) is 21.8. The minimum atomic E-state index is -0.531. The molecule has 0 spiro atoms. The van der Waals surface area contributed by atoms with Crippen molar-refractivity contribution in [3.63, 3.8) is 0 Å². The first-order valence-electron chi connectivity index (χ1n) is 14.6. The smallest absolute Gasteiger partial charge is 0.154 e. The molecule has 31 heavy (non-hydrogen) atoms. The lowest BCUT2D eigenvalue weighted by Gasteiger charge is -2.12. The average Bonchev–Trinajstić information content (AvgIpc) is 2.77. The highest BCUT2D eigenvalue weighted by Gasteiger charge is 2.03. The van der Waals surface area contributed by atoms with Gasteiger partial charge in [0.25, 0.3) is 0 Å². The van der Waals surface area contributed by atoms with Gasteiger partial charge >= 0.3 is 0 Å². The van der Waals surface area contributed by atoms with Gasteiger partial charge in [-0.15, -0.1) is 0 Å². The molecule has 188 valence electrons. The summed E-state index contributed by atoms with van der Waals surface area (Å²) in [5, 5.41) is 9.95. The summed E-state index contributed by atoms with van der Waals surface area (Å²) in [5.41, 5.74) is 0. The second-order valence-corrected chi connectivity index (χ2v) is 9.89. The molecule has 2 heteroatoms. The largest absolute Gasteiger partial charge is 0.368 e. The van der Waals surface area contributed by atoms with Gasteiger partial charge in [-0.05, 0) is 19.3 Å². The molecule has 0 aliphatic heterocycles. The van der Waals surface area contributed by atoms with Crippen LogP contribution >= 0.6 is 0 Å². The first-order valence-corrected chi connectivity index (χ1v) is 14.6. The maximum Gasteiger partial charge on any atom is 0.154 e. The Morgan fingerprint density at radius 1 is 0.419 bits per heavy atom. The van der Waals surface area contributed by atoms with E-state index in [4.69, 9.17) is 4.74 Å². The van der Waals surface area contributed by atoms with Crippen LogP contribution in [0.15, 0.2) is 0 Å². The Morgan fingerprint density at radius 2 is 0.710 bits per heavy atom. The fraction of sp³-hybridized carbons (Fsp3) is 1.00. The van der Waals surface area contributed by atoms with E-state index in [9.17, 15) is 5.11 Å². The molecule has 0 amide bonds. The highest BCUT2D eigenvalue weighted by molar-refractivity contribution is 4.51. The summed E-state index contributed by atoms with van der Waals surface area (Å²) in [6, 6.07) is 0. The predicted octanol–water partition coefficient (Wildman–Crippen LogP) is 10.1. The van der Waals surface area contributed by atoms with Gasteiger partial charge in [-0.25, -0.2) is 0 Å². The monoisotopic (exact) mass is 440 g/mol. The van der Waals surface area contributed by atoms with Gasteiger partial charge in [0.1, 0.15) is 0 Å². The first kappa shape index (κ1) is 30.9. The van der Waals surface area contributed by atoms with Gasteiger partial charge in [0.05, 0.1) is 0 Å². The number of hydrogen-bond acceptors (Lipinski definition) is 2. The van der Waals surface area contributed by atoms with E-state index < -0.39 is 6.29 Å². The maximum atomic E-state index is 9.95. The Morgan fingerprint density at radius 3 is 1.06 bits per heavy atom. The Balaban J connectivity index is 3.12. The molecule has 0 bridgehead atoms. The molecule has 2 nitrogen and oxygen atoms in total. The summed E-state index contributed by atoms with van der Waals surface area (Å²) in [7, 11) is 0. The molecule has 0 aromatic carbocycles. The average molecular weight is 441 g/mol. The molecule has 0 fully saturated rings. The van der Waals surface area contributed by atoms with Crippen LogP contribution in [-0.2, 0) is 4.74 Å². The van der Waals surface area contributed by atoms with Gasteiger partial charge in [-0.2, -0.15) is 0 Å². The van der Waals surface area contributed by atoms with Crippen LogP contribution in [0.3, 0.4) is 0 Å². The standard InChI is InChI=1S/C29H60O2/c1-3-5-7-9-11-13-15-16-17-18-20-22-24-26-28-31-29(30)27-25-23-21-19-14-12-10-8-6-4-2/h29-30H,3-28H2,1-2H3. The minimum absolute atomic E-state index is 0.531. The van der Waals surface area contributed by atoms with Crippen molar-refractivity contribution in [3.8, 4) is 0 Å². The van der Waals surface area contributed by atoms with Crippen molar-refractivity contribution in [2.24, 2.45) is 0 Å². The van der Waals surface area contributed by atoms with E-state index in [1.54, 1.807) is 0 Å². The molecule has 1 N–H and O–H groups in total. The number of aliphatic hydroxyl groups is 1. The van der Waals surface area contributed by atoms with Crippen molar-refractivity contribution < 1.29 is 9.84 Å². The molecule has 0 radical (unpaired) electrons. The molecule has 0 rings (SSSR count). The van der Waals surface area contributed by atoms with Crippen molar-refractivity contribution in [1.29, 1.82) is 0 Å². The number of rotatable bonds is 27. The van der Waals surface area contributed by atoms with Crippen molar-refractivity contribution in [1.82, 2.24) is 0 Å². The van der Waals surface area contributed by atoms with Gasteiger partial charge in [0.15, 0.2) is 6.29 Å². The lowest BCUT2D eigenvalue weighted by molar-refractivity contribution is -0.105. The number of aliphatic hydroxyl groups excluding tert-OH is 1. The van der Waals surface area contributed by atoms with E-state index in [0.29, 0.717) is 0 Å². The summed E-state index contributed by atoms with van der Waals surface area (Å²) in [6.07, 6.45) is 33.0. The topological polar surface area (TPSA) is 29.5 Å². The fourth-order valence-corrected chi connectivity index (χ4v) is 4.41. The van der Waals surface area contributed by atoms with Crippen LogP contribution in [0.2, 0.25) is 0 Å². The van der Waals surface area contributed by atoms with Gasteiger partial charge in [-0.1, -0.05) is 155 Å². The predicted molar refractivity (Wildman–Crippen MR) is 139 cm³/mol. The Bertz CT molecular complexity index is 305. The van der Waals surface area contributed by atoms with E-state index in [1.807, 2.05) is 0 Å². The van der Waals surface area contributed by atoms with Gasteiger partial charge in [0, 0.05) is 6.61 Å². The summed E-state index contributed by atoms with van der Waals surface area (Å²) >= 11 is 0. The zero-order valence-corrected chi connectivity index (χ0v) is 21.8. The van der Waals surface area contributed by atoms with Crippen LogP contribution in [0.1, 0.15) is 174 Å². The lowest BCUT2D eigenvalue weighted by Crippen LogP contribution is -2.12. The number of hydrogen-bond donors (Lipinski definition) is 1. The van der Waals surface area contributed by atoms with Crippen LogP contribution < -0.4 is 0 Å². The van der Waals surface area contributed by atoms with Crippen LogP contribution in [-0.4, -0.2) is 18.0 Å². The molecule has 0 saturated heterocycles. The fourth-order valence-electron chi connectivity index (χ4n) is 4.41. The van der Waals surface area contributed by atoms with Crippen LogP contribution in [0, 0.1) is 0 Å². The van der Waals surface area contributed by atoms with Crippen LogP contribution in [0.5, 0.6) is 0 Å². The first-order chi connectivity index (χ1) is 15.3. The SMILES string of the molecule is CCCCCCCCCCCCCCCCOC(O)CCCCCCCCCCCC. The van der Waals surface area contributed by atoms with Crippen molar-refractivity contribution in [3.05, 3.63) is 0 Å². The van der Waals surface area contributed by atoms with E-state index in [0.717, 1.165) is 25.9 Å². The second-order valence-electron chi connectivity index (χ2n) is 9.89. The third-order valence-electron chi connectivity index (χ3n) is 6.61. The second kappa shape index (κ2) is 28.0. The van der Waals surface area contributed by atoms with E-state index in [-0.39, 0.29) is 0 Å². The third kappa shape index (κ3) is 27.9.